The maximum Gasteiger partial charge on any atom is 4.00 e. The zero-order valence-electron chi connectivity index (χ0n) is 20.2. The summed E-state index contributed by atoms with van der Waals surface area (Å²) >= 11 is 0. The van der Waals surface area contributed by atoms with Crippen LogP contribution in [0.5, 0.6) is 0 Å². The zero-order valence-corrected chi connectivity index (χ0v) is 24.3. The molecular weight excluding hydrogens is 546 g/mol. The second-order valence-electron chi connectivity index (χ2n) is 8.80. The van der Waals surface area contributed by atoms with E-state index in [0.29, 0.717) is 8.19 Å². The molecule has 37 heavy (non-hydrogen) atoms. The first-order chi connectivity index (χ1) is 16.9. The van der Waals surface area contributed by atoms with Crippen LogP contribution in [0.2, 0.25) is 0 Å². The molecule has 0 amide bonds. The van der Waals surface area contributed by atoms with Gasteiger partial charge in [-0.25, -0.2) is 8.19 Å². The molecule has 2 atom stereocenters. The van der Waals surface area contributed by atoms with Crippen LogP contribution in [0, 0.1) is 11.9 Å². The van der Waals surface area contributed by atoms with Crippen LogP contribution in [0.25, 0.3) is 33.1 Å². The van der Waals surface area contributed by atoms with Crippen LogP contribution in [0.3, 0.4) is 0 Å². The minimum atomic E-state index is 0. The molecule has 0 nitrogen and oxygen atoms in total. The van der Waals surface area contributed by atoms with Crippen molar-refractivity contribution in [2.24, 2.45) is 0 Å². The van der Waals surface area contributed by atoms with E-state index in [1.54, 1.807) is 0 Å². The molecule has 1 aromatic heterocycles. The summed E-state index contributed by atoms with van der Waals surface area (Å²) in [6.45, 7) is 0. The Hall–Kier alpha value is -2.31. The molecular formula is C33H25Cl2PTi. The third kappa shape index (κ3) is 6.07. The number of allylic oxidation sites excluding steroid dienone is 1. The van der Waals surface area contributed by atoms with E-state index < -0.39 is 0 Å². The summed E-state index contributed by atoms with van der Waals surface area (Å²) in [5.41, 5.74) is 10.7. The Bertz CT molecular complexity index is 1390. The first-order valence-electron chi connectivity index (χ1n) is 11.9. The molecule has 2 unspecified atom stereocenters. The van der Waals surface area contributed by atoms with Crippen LogP contribution in [-0.2, 0) is 21.7 Å². The van der Waals surface area contributed by atoms with Gasteiger partial charge in [0.1, 0.15) is 0 Å². The molecule has 2 aliphatic carbocycles. The van der Waals surface area contributed by atoms with Gasteiger partial charge < -0.3 is 24.8 Å². The number of hydrogen-bond acceptors (Lipinski definition) is 0. The number of halogens is 2. The molecule has 0 radical (unpaired) electrons. The second kappa shape index (κ2) is 13.5. The van der Waals surface area contributed by atoms with Crippen molar-refractivity contribution < 1.29 is 46.5 Å². The maximum atomic E-state index is 3.64. The van der Waals surface area contributed by atoms with E-state index >= 15 is 0 Å². The van der Waals surface area contributed by atoms with Gasteiger partial charge in [-0.05, 0) is 6.42 Å². The minimum absolute atomic E-state index is 0. The largest absolute Gasteiger partial charge is 4.00 e. The fourth-order valence-corrected chi connectivity index (χ4v) is 6.15. The molecule has 5 aromatic rings. The number of hydrogen-bond donors (Lipinski definition) is 0. The van der Waals surface area contributed by atoms with E-state index in [1.165, 1.54) is 62.7 Å². The van der Waals surface area contributed by atoms with Gasteiger partial charge in [0.05, 0.1) is 0 Å². The minimum Gasteiger partial charge on any atom is -1.00 e. The van der Waals surface area contributed by atoms with Crippen molar-refractivity contribution in [1.82, 2.24) is 0 Å². The molecule has 0 aliphatic heterocycles. The number of benzene rings is 4. The topological polar surface area (TPSA) is 0 Å². The van der Waals surface area contributed by atoms with Crippen LogP contribution in [0.1, 0.15) is 29.9 Å². The Balaban J connectivity index is 0.000000230. The van der Waals surface area contributed by atoms with Gasteiger partial charge in [0.15, 0.2) is 0 Å². The van der Waals surface area contributed by atoms with Gasteiger partial charge in [0.25, 0.3) is 0 Å². The second-order valence-corrected chi connectivity index (χ2v) is 9.80. The summed E-state index contributed by atoms with van der Waals surface area (Å²) in [6, 6.07) is 40.6. The van der Waals surface area contributed by atoms with Crippen LogP contribution in [0.4, 0.5) is 0 Å². The average molecular weight is 571 g/mol. The van der Waals surface area contributed by atoms with E-state index in [9.17, 15) is 0 Å². The van der Waals surface area contributed by atoms with E-state index in [-0.39, 0.29) is 46.5 Å². The van der Waals surface area contributed by atoms with Gasteiger partial charge in [-0.2, -0.15) is 17.7 Å². The van der Waals surface area contributed by atoms with E-state index in [2.05, 4.69) is 127 Å². The predicted octanol–water partition coefficient (Wildman–Crippen LogP) is 3.18. The number of fused-ring (bicyclic) bond motifs is 3. The fourth-order valence-electron chi connectivity index (χ4n) is 4.92. The zero-order chi connectivity index (χ0) is 22.7. The Morgan fingerprint density at radius 1 is 0.622 bits per heavy atom. The predicted molar refractivity (Wildman–Crippen MR) is 145 cm³/mol. The summed E-state index contributed by atoms with van der Waals surface area (Å²) in [4.78, 5) is 0. The van der Waals surface area contributed by atoms with Crippen molar-refractivity contribution in [3.8, 4) is 33.1 Å². The van der Waals surface area contributed by atoms with Gasteiger partial charge in [0, 0.05) is 0 Å². The summed E-state index contributed by atoms with van der Waals surface area (Å²) in [7, 11) is 0.581. The van der Waals surface area contributed by atoms with Crippen molar-refractivity contribution in [2.45, 2.75) is 18.8 Å². The van der Waals surface area contributed by atoms with Crippen LogP contribution < -0.4 is 24.8 Å². The summed E-state index contributed by atoms with van der Waals surface area (Å²) in [6.07, 6.45) is 6.07. The van der Waals surface area contributed by atoms with Gasteiger partial charge in [0.2, 0.25) is 0 Å². The molecule has 4 heteroatoms. The Labute approximate surface area is 249 Å². The molecule has 1 saturated carbocycles. The van der Waals surface area contributed by atoms with E-state index in [1.807, 2.05) is 0 Å². The smallest absolute Gasteiger partial charge is 1.00 e. The molecule has 0 N–H and O–H groups in total. The van der Waals surface area contributed by atoms with Crippen LogP contribution in [-0.4, -0.2) is 0 Å². The molecule has 0 spiro atoms. The van der Waals surface area contributed by atoms with Crippen molar-refractivity contribution >= 4 is 8.19 Å². The summed E-state index contributed by atoms with van der Waals surface area (Å²) in [5, 5.41) is 1.38. The van der Waals surface area contributed by atoms with Crippen LogP contribution >= 0.6 is 8.19 Å². The van der Waals surface area contributed by atoms with E-state index in [0.717, 1.165) is 5.92 Å². The summed E-state index contributed by atoms with van der Waals surface area (Å²) < 4.78 is 0. The van der Waals surface area contributed by atoms with Gasteiger partial charge in [-0.15, -0.1) is 45.5 Å². The molecule has 0 bridgehead atoms. The fraction of sp³-hybridized carbons (Fsp3) is 0.0909. The molecule has 180 valence electrons. The number of rotatable bonds is 3. The molecule has 4 aromatic carbocycles. The molecule has 1 heterocycles. The Morgan fingerprint density at radius 2 is 1.16 bits per heavy atom. The maximum absolute atomic E-state index is 3.64. The van der Waals surface area contributed by atoms with Crippen molar-refractivity contribution in [2.75, 3.05) is 0 Å². The monoisotopic (exact) mass is 570 g/mol. The van der Waals surface area contributed by atoms with Gasteiger partial charge >= 0.3 is 21.7 Å². The van der Waals surface area contributed by atoms with E-state index in [4.69, 9.17) is 0 Å². The molecule has 7 rings (SSSR count). The quantitative estimate of drug-likeness (QED) is 0.231. The van der Waals surface area contributed by atoms with Crippen molar-refractivity contribution in [3.05, 3.63) is 144 Å². The average Bonchev–Trinajstić information content (AvgIpc) is 3.45. The first kappa shape index (κ1) is 29.3. The summed E-state index contributed by atoms with van der Waals surface area (Å²) in [5.74, 6) is 4.40. The van der Waals surface area contributed by atoms with Crippen LogP contribution in [0.15, 0.2) is 121 Å². The van der Waals surface area contributed by atoms with Gasteiger partial charge in [-0.1, -0.05) is 126 Å². The molecule has 2 aliphatic rings. The molecule has 1 fully saturated rings. The molecule has 0 saturated heterocycles. The normalized spacial score (nSPS) is 14.3. The Kier molecular flexibility index (Phi) is 10.7. The van der Waals surface area contributed by atoms with Crippen molar-refractivity contribution in [3.63, 3.8) is 0 Å². The SMILES string of the molecule is [C-]1=C2CCC2c2ccccc21.[Cl-].[Cl-].[Ti+4].[c-]1[pH]c(-c2ccccc2)c(-c2ccccc2)c1-c1ccccc1. The first-order valence-corrected chi connectivity index (χ1v) is 12.9. The third-order valence-corrected chi connectivity index (χ3v) is 7.92. The third-order valence-electron chi connectivity index (χ3n) is 6.75. The Morgan fingerprint density at radius 3 is 1.76 bits per heavy atom. The van der Waals surface area contributed by atoms with Crippen molar-refractivity contribution in [1.29, 1.82) is 0 Å². The van der Waals surface area contributed by atoms with Gasteiger partial charge in [-0.3, -0.25) is 0 Å². The standard InChI is InChI=1S/C22H16P.C11H9.2ClH.Ti/c1-4-10-17(11-5-1)20-16-23-22(19-14-8-3-9-15-19)21(20)18-12-6-2-7-13-18;1-2-4-10-8(3-1)7-9-5-6-11(9)10;;;/h1-15,23H;1-4,11H,5-6H2;2*1H;/q2*-1;;;+4/p-2.